The first kappa shape index (κ1) is 16.8. The first-order valence-corrected chi connectivity index (χ1v) is 9.17. The van der Waals surface area contributed by atoms with Gasteiger partial charge in [0.2, 0.25) is 5.91 Å². The normalized spacial score (nSPS) is 15.2. The summed E-state index contributed by atoms with van der Waals surface area (Å²) in [6, 6.07) is 20.6. The topological polar surface area (TPSA) is 20.3 Å². The number of hydrogen-bond acceptors (Lipinski definition) is 1. The van der Waals surface area contributed by atoms with E-state index in [-0.39, 0.29) is 0 Å². The molecule has 0 radical (unpaired) electrons. The Balaban J connectivity index is 1.69. The Hall–Kier alpha value is -2.09. The highest BCUT2D eigenvalue weighted by Crippen LogP contribution is 2.27. The number of rotatable bonds is 6. The van der Waals surface area contributed by atoms with Gasteiger partial charge in [-0.3, -0.25) is 4.79 Å². The molecule has 1 saturated carbocycles. The summed E-state index contributed by atoms with van der Waals surface area (Å²) >= 11 is 0. The molecule has 0 bridgehead atoms. The molecule has 126 valence electrons. The standard InChI is InChI=1S/C22H27NO/c24-22(16-19-10-4-1-5-11-19)23(17-20-12-6-2-7-13-20)18-21-14-8-3-9-15-21/h2-3,6-9,12-15,19H,1,4-5,10-11,16-18H2. The van der Waals surface area contributed by atoms with Crippen LogP contribution in [0.3, 0.4) is 0 Å². The molecule has 2 aromatic rings. The van der Waals surface area contributed by atoms with Gasteiger partial charge in [-0.2, -0.15) is 0 Å². The van der Waals surface area contributed by atoms with E-state index in [1.54, 1.807) is 0 Å². The molecular weight excluding hydrogens is 294 g/mol. The summed E-state index contributed by atoms with van der Waals surface area (Å²) in [5.74, 6) is 0.884. The van der Waals surface area contributed by atoms with E-state index < -0.39 is 0 Å². The summed E-state index contributed by atoms with van der Waals surface area (Å²) in [6.07, 6.45) is 7.05. The van der Waals surface area contributed by atoms with Crippen LogP contribution in [0.4, 0.5) is 0 Å². The molecule has 0 heterocycles. The molecule has 2 nitrogen and oxygen atoms in total. The molecule has 1 amide bonds. The highest BCUT2D eigenvalue weighted by atomic mass is 16.2. The van der Waals surface area contributed by atoms with Crippen LogP contribution in [0.1, 0.15) is 49.7 Å². The minimum absolute atomic E-state index is 0.301. The van der Waals surface area contributed by atoms with Crippen LogP contribution in [-0.2, 0) is 17.9 Å². The summed E-state index contributed by atoms with van der Waals surface area (Å²) < 4.78 is 0. The van der Waals surface area contributed by atoms with Crippen LogP contribution in [0.2, 0.25) is 0 Å². The molecule has 24 heavy (non-hydrogen) atoms. The van der Waals surface area contributed by atoms with E-state index in [1.165, 1.54) is 43.2 Å². The lowest BCUT2D eigenvalue weighted by molar-refractivity contribution is -0.133. The van der Waals surface area contributed by atoms with Crippen LogP contribution >= 0.6 is 0 Å². The quantitative estimate of drug-likeness (QED) is 0.717. The van der Waals surface area contributed by atoms with Gasteiger partial charge in [0.1, 0.15) is 0 Å². The number of benzene rings is 2. The smallest absolute Gasteiger partial charge is 0.223 e. The average molecular weight is 321 g/mol. The second-order valence-corrected chi connectivity index (χ2v) is 6.93. The van der Waals surface area contributed by atoms with E-state index in [4.69, 9.17) is 0 Å². The lowest BCUT2D eigenvalue weighted by Gasteiger charge is -2.27. The van der Waals surface area contributed by atoms with Gasteiger partial charge in [0, 0.05) is 19.5 Å². The van der Waals surface area contributed by atoms with Crippen LogP contribution in [0.5, 0.6) is 0 Å². The van der Waals surface area contributed by atoms with E-state index in [1.807, 2.05) is 41.3 Å². The Kier molecular flexibility index (Phi) is 6.06. The van der Waals surface area contributed by atoms with Crippen molar-refractivity contribution >= 4 is 5.91 Å². The van der Waals surface area contributed by atoms with Crippen molar-refractivity contribution in [2.75, 3.05) is 0 Å². The molecule has 3 rings (SSSR count). The zero-order valence-corrected chi connectivity index (χ0v) is 14.4. The fourth-order valence-electron chi connectivity index (χ4n) is 3.61. The Morgan fingerprint density at radius 1 is 0.792 bits per heavy atom. The maximum Gasteiger partial charge on any atom is 0.223 e. The third-order valence-electron chi connectivity index (χ3n) is 4.97. The van der Waals surface area contributed by atoms with Crippen molar-refractivity contribution in [2.45, 2.75) is 51.6 Å². The lowest BCUT2D eigenvalue weighted by Crippen LogP contribution is -2.31. The van der Waals surface area contributed by atoms with Crippen molar-refractivity contribution in [2.24, 2.45) is 5.92 Å². The van der Waals surface area contributed by atoms with Crippen LogP contribution in [0.15, 0.2) is 60.7 Å². The van der Waals surface area contributed by atoms with Gasteiger partial charge in [0.25, 0.3) is 0 Å². The Labute approximate surface area is 145 Å². The summed E-state index contributed by atoms with van der Waals surface area (Å²) in [6.45, 7) is 1.39. The third kappa shape index (κ3) is 4.95. The number of carbonyl (C=O) groups is 1. The number of hydrogen-bond donors (Lipinski definition) is 0. The molecular formula is C22H27NO. The number of amides is 1. The second-order valence-electron chi connectivity index (χ2n) is 6.93. The number of carbonyl (C=O) groups excluding carboxylic acids is 1. The first-order valence-electron chi connectivity index (χ1n) is 9.17. The molecule has 2 aromatic carbocycles. The Morgan fingerprint density at radius 3 is 1.79 bits per heavy atom. The van der Waals surface area contributed by atoms with Gasteiger partial charge in [-0.25, -0.2) is 0 Å². The monoisotopic (exact) mass is 321 g/mol. The van der Waals surface area contributed by atoms with Gasteiger partial charge in [-0.15, -0.1) is 0 Å². The van der Waals surface area contributed by atoms with Gasteiger partial charge in [-0.05, 0) is 29.9 Å². The van der Waals surface area contributed by atoms with E-state index in [9.17, 15) is 4.79 Å². The zero-order chi connectivity index (χ0) is 16.6. The molecule has 0 spiro atoms. The molecule has 0 aliphatic heterocycles. The average Bonchev–Trinajstić information content (AvgIpc) is 2.64. The summed E-state index contributed by atoms with van der Waals surface area (Å²) in [5.41, 5.74) is 2.40. The van der Waals surface area contributed by atoms with Crippen molar-refractivity contribution in [3.63, 3.8) is 0 Å². The largest absolute Gasteiger partial charge is 0.334 e. The van der Waals surface area contributed by atoms with Crippen LogP contribution in [-0.4, -0.2) is 10.8 Å². The maximum absolute atomic E-state index is 12.9. The molecule has 1 aliphatic carbocycles. The molecule has 0 saturated heterocycles. The van der Waals surface area contributed by atoms with Crippen LogP contribution in [0.25, 0.3) is 0 Å². The Bertz CT molecular complexity index is 575. The highest BCUT2D eigenvalue weighted by molar-refractivity contribution is 5.76. The van der Waals surface area contributed by atoms with E-state index in [0.717, 1.165) is 0 Å². The fourth-order valence-corrected chi connectivity index (χ4v) is 3.61. The molecule has 0 N–H and O–H groups in total. The molecule has 0 unspecified atom stereocenters. The van der Waals surface area contributed by atoms with Gasteiger partial charge >= 0.3 is 0 Å². The van der Waals surface area contributed by atoms with Gasteiger partial charge in [0.15, 0.2) is 0 Å². The van der Waals surface area contributed by atoms with E-state index in [0.29, 0.717) is 31.3 Å². The lowest BCUT2D eigenvalue weighted by atomic mass is 9.86. The SMILES string of the molecule is O=C(CC1CCCCC1)N(Cc1ccccc1)Cc1ccccc1. The van der Waals surface area contributed by atoms with Gasteiger partial charge in [-0.1, -0.05) is 79.9 Å². The second kappa shape index (κ2) is 8.68. The summed E-state index contributed by atoms with van der Waals surface area (Å²) in [4.78, 5) is 15.0. The molecule has 0 atom stereocenters. The van der Waals surface area contributed by atoms with Crippen LogP contribution in [0, 0.1) is 5.92 Å². The third-order valence-corrected chi connectivity index (χ3v) is 4.97. The predicted octanol–water partition coefficient (Wildman–Crippen LogP) is 5.19. The molecule has 0 aromatic heterocycles. The van der Waals surface area contributed by atoms with Crippen molar-refractivity contribution in [3.05, 3.63) is 71.8 Å². The summed E-state index contributed by atoms with van der Waals surface area (Å²) in [5, 5.41) is 0. The fraction of sp³-hybridized carbons (Fsp3) is 0.409. The van der Waals surface area contributed by atoms with Crippen molar-refractivity contribution in [1.29, 1.82) is 0 Å². The zero-order valence-electron chi connectivity index (χ0n) is 14.4. The van der Waals surface area contributed by atoms with Crippen molar-refractivity contribution in [1.82, 2.24) is 4.90 Å². The molecule has 2 heteroatoms. The van der Waals surface area contributed by atoms with E-state index >= 15 is 0 Å². The van der Waals surface area contributed by atoms with E-state index in [2.05, 4.69) is 24.3 Å². The minimum Gasteiger partial charge on any atom is -0.334 e. The number of nitrogens with zero attached hydrogens (tertiary/aromatic N) is 1. The molecule has 1 fully saturated rings. The Morgan fingerprint density at radius 2 is 1.29 bits per heavy atom. The van der Waals surface area contributed by atoms with Crippen LogP contribution < -0.4 is 0 Å². The van der Waals surface area contributed by atoms with Crippen molar-refractivity contribution < 1.29 is 4.79 Å². The first-order chi connectivity index (χ1) is 11.8. The predicted molar refractivity (Wildman–Crippen MR) is 98.3 cm³/mol. The van der Waals surface area contributed by atoms with Crippen molar-refractivity contribution in [3.8, 4) is 0 Å². The van der Waals surface area contributed by atoms with Gasteiger partial charge < -0.3 is 4.90 Å². The maximum atomic E-state index is 12.9. The van der Waals surface area contributed by atoms with Gasteiger partial charge in [0.05, 0.1) is 0 Å². The minimum atomic E-state index is 0.301. The molecule has 1 aliphatic rings. The highest BCUT2D eigenvalue weighted by Gasteiger charge is 2.21. The summed E-state index contributed by atoms with van der Waals surface area (Å²) in [7, 11) is 0.